The van der Waals surface area contributed by atoms with E-state index in [1.807, 2.05) is 0 Å². The van der Waals surface area contributed by atoms with Gasteiger partial charge in [-0.2, -0.15) is 9.78 Å². The highest BCUT2D eigenvalue weighted by atomic mass is 16.6. The highest BCUT2D eigenvalue weighted by molar-refractivity contribution is 5.93. The third-order valence-electron chi connectivity index (χ3n) is 4.50. The zero-order valence-electron chi connectivity index (χ0n) is 16.6. The second kappa shape index (κ2) is 8.55. The van der Waals surface area contributed by atoms with E-state index in [-0.39, 0.29) is 5.82 Å². The van der Waals surface area contributed by atoms with E-state index in [1.54, 1.807) is 49.0 Å². The third-order valence-corrected chi connectivity index (χ3v) is 4.50. The number of aryl methyl sites for hydroxylation is 1. The molecule has 30 heavy (non-hydrogen) atoms. The number of carbonyl (C=O) groups is 2. The number of carbonyl (C=O) groups excluding carboxylic acids is 2. The molecule has 0 aliphatic rings. The van der Waals surface area contributed by atoms with Gasteiger partial charge < -0.3 is 20.2 Å². The van der Waals surface area contributed by atoms with E-state index in [1.165, 1.54) is 24.1 Å². The number of methoxy groups -OCH3 is 1. The van der Waals surface area contributed by atoms with Gasteiger partial charge in [0.2, 0.25) is 0 Å². The van der Waals surface area contributed by atoms with Crippen LogP contribution in [-0.4, -0.2) is 43.5 Å². The summed E-state index contributed by atoms with van der Waals surface area (Å²) in [5, 5.41) is 21.7. The predicted octanol–water partition coefficient (Wildman–Crippen LogP) is 2.33. The molecule has 1 unspecified atom stereocenters. The second-order valence-corrected chi connectivity index (χ2v) is 6.59. The summed E-state index contributed by atoms with van der Waals surface area (Å²) in [6, 6.07) is 7.56. The highest BCUT2D eigenvalue weighted by Gasteiger charge is 2.25. The molecule has 0 aliphatic carbocycles. The minimum Gasteiger partial charge on any atom is -0.465 e. The number of esters is 1. The molecule has 3 aromatic rings. The summed E-state index contributed by atoms with van der Waals surface area (Å²) in [5.41, 5.74) is 2.10. The topological polar surface area (TPSA) is 134 Å². The molecule has 11 heteroatoms. The Labute approximate surface area is 171 Å². The molecule has 3 rings (SSSR count). The summed E-state index contributed by atoms with van der Waals surface area (Å²) in [6.07, 6.45) is 3.10. The summed E-state index contributed by atoms with van der Waals surface area (Å²) >= 11 is 0. The molecule has 1 N–H and O–H groups in total. The standard InChI is InChI=1S/C19H20N6O5/c1-12-8-17(25(28)29)22-24(12)13(2)18(26)21-15-9-20-23(11-15)10-14-6-4-5-7-16(14)19(27)30-3/h4-9,11,13H,10H2,1-3H3,(H,21,26). The van der Waals surface area contributed by atoms with E-state index in [9.17, 15) is 19.7 Å². The van der Waals surface area contributed by atoms with Gasteiger partial charge in [0.15, 0.2) is 0 Å². The molecule has 0 aliphatic heterocycles. The number of anilines is 1. The molecule has 0 bridgehead atoms. The van der Waals surface area contributed by atoms with Crippen LogP contribution in [0, 0.1) is 17.0 Å². The monoisotopic (exact) mass is 412 g/mol. The molecule has 1 aromatic carbocycles. The molecule has 156 valence electrons. The number of hydrogen-bond acceptors (Lipinski definition) is 7. The Balaban J connectivity index is 1.71. The maximum atomic E-state index is 12.6. The van der Waals surface area contributed by atoms with E-state index in [2.05, 4.69) is 15.5 Å². The minimum absolute atomic E-state index is 0.307. The van der Waals surface area contributed by atoms with Crippen LogP contribution in [0.2, 0.25) is 0 Å². The normalized spacial score (nSPS) is 11.7. The van der Waals surface area contributed by atoms with Crippen molar-refractivity contribution in [3.63, 3.8) is 0 Å². The molecular formula is C19H20N6O5. The SMILES string of the molecule is COC(=O)c1ccccc1Cn1cc(NC(=O)C(C)n2nc([N+](=O)[O-])cc2C)cn1. The molecule has 0 fully saturated rings. The van der Waals surface area contributed by atoms with Crippen molar-refractivity contribution in [2.24, 2.45) is 0 Å². The lowest BCUT2D eigenvalue weighted by atomic mass is 10.1. The Bertz CT molecular complexity index is 1100. The van der Waals surface area contributed by atoms with Crippen LogP contribution >= 0.6 is 0 Å². The van der Waals surface area contributed by atoms with E-state index in [0.717, 1.165) is 5.56 Å². The van der Waals surface area contributed by atoms with Gasteiger partial charge in [0, 0.05) is 6.20 Å². The summed E-state index contributed by atoms with van der Waals surface area (Å²) in [5.74, 6) is -1.15. The van der Waals surface area contributed by atoms with Crippen molar-refractivity contribution in [3.8, 4) is 0 Å². The second-order valence-electron chi connectivity index (χ2n) is 6.59. The van der Waals surface area contributed by atoms with Gasteiger partial charge in [0.1, 0.15) is 6.04 Å². The van der Waals surface area contributed by atoms with Crippen LogP contribution in [0.1, 0.15) is 34.6 Å². The molecule has 2 heterocycles. The van der Waals surface area contributed by atoms with Crippen LogP contribution in [0.4, 0.5) is 11.5 Å². The Hall–Kier alpha value is -4.02. The Morgan fingerprint density at radius 3 is 2.73 bits per heavy atom. The molecule has 11 nitrogen and oxygen atoms in total. The van der Waals surface area contributed by atoms with Crippen LogP contribution in [0.15, 0.2) is 42.7 Å². The maximum absolute atomic E-state index is 12.6. The first-order valence-corrected chi connectivity index (χ1v) is 9.00. The quantitative estimate of drug-likeness (QED) is 0.357. The number of aromatic nitrogens is 4. The van der Waals surface area contributed by atoms with E-state index >= 15 is 0 Å². The van der Waals surface area contributed by atoms with Gasteiger partial charge in [-0.15, -0.1) is 0 Å². The Kier molecular flexibility index (Phi) is 5.90. The molecule has 1 atom stereocenters. The van der Waals surface area contributed by atoms with E-state index < -0.39 is 22.8 Å². The van der Waals surface area contributed by atoms with Crippen LogP contribution < -0.4 is 5.32 Å². The number of rotatable bonds is 7. The van der Waals surface area contributed by atoms with Crippen molar-refractivity contribution in [3.05, 3.63) is 69.7 Å². The van der Waals surface area contributed by atoms with E-state index in [4.69, 9.17) is 4.74 Å². The number of hydrogen-bond donors (Lipinski definition) is 1. The molecule has 0 spiro atoms. The third kappa shape index (κ3) is 4.35. The van der Waals surface area contributed by atoms with E-state index in [0.29, 0.717) is 23.5 Å². The molecule has 0 saturated heterocycles. The summed E-state index contributed by atoms with van der Waals surface area (Å²) in [4.78, 5) is 34.7. The average Bonchev–Trinajstić information content (AvgIpc) is 3.33. The first kappa shape index (κ1) is 20.7. The molecule has 0 radical (unpaired) electrons. The zero-order chi connectivity index (χ0) is 21.8. The van der Waals surface area contributed by atoms with Crippen LogP contribution in [0.3, 0.4) is 0 Å². The lowest BCUT2D eigenvalue weighted by Crippen LogP contribution is -2.25. The number of amides is 1. The first-order valence-electron chi connectivity index (χ1n) is 9.00. The zero-order valence-corrected chi connectivity index (χ0v) is 16.6. The number of ether oxygens (including phenoxy) is 1. The lowest BCUT2D eigenvalue weighted by Gasteiger charge is -2.10. The molecule has 0 saturated carbocycles. The van der Waals surface area contributed by atoms with Crippen molar-refractivity contribution < 1.29 is 19.2 Å². The minimum atomic E-state index is -0.762. The van der Waals surface area contributed by atoms with Gasteiger partial charge in [-0.1, -0.05) is 18.2 Å². The summed E-state index contributed by atoms with van der Waals surface area (Å²) < 4.78 is 7.66. The number of benzene rings is 1. The Morgan fingerprint density at radius 1 is 1.33 bits per heavy atom. The van der Waals surface area contributed by atoms with Crippen molar-refractivity contribution in [2.75, 3.05) is 12.4 Å². The fourth-order valence-corrected chi connectivity index (χ4v) is 2.97. The van der Waals surface area contributed by atoms with Gasteiger partial charge in [0.25, 0.3) is 5.91 Å². The smallest absolute Gasteiger partial charge is 0.390 e. The predicted molar refractivity (Wildman–Crippen MR) is 106 cm³/mol. The van der Waals surface area contributed by atoms with Crippen molar-refractivity contribution in [1.29, 1.82) is 0 Å². The van der Waals surface area contributed by atoms with Gasteiger partial charge in [-0.25, -0.2) is 4.79 Å². The van der Waals surface area contributed by atoms with Gasteiger partial charge in [-0.3, -0.25) is 9.48 Å². The van der Waals surface area contributed by atoms with Crippen molar-refractivity contribution in [2.45, 2.75) is 26.4 Å². The molecule has 1 amide bonds. The van der Waals surface area contributed by atoms with Crippen LogP contribution in [-0.2, 0) is 16.1 Å². The average molecular weight is 412 g/mol. The lowest BCUT2D eigenvalue weighted by molar-refractivity contribution is -0.389. The summed E-state index contributed by atoms with van der Waals surface area (Å²) in [6.45, 7) is 3.54. The maximum Gasteiger partial charge on any atom is 0.390 e. The van der Waals surface area contributed by atoms with Crippen molar-refractivity contribution >= 4 is 23.4 Å². The number of nitro groups is 1. The Morgan fingerprint density at radius 2 is 2.07 bits per heavy atom. The van der Waals surface area contributed by atoms with Crippen molar-refractivity contribution in [1.82, 2.24) is 19.6 Å². The van der Waals surface area contributed by atoms with Crippen LogP contribution in [0.5, 0.6) is 0 Å². The fourth-order valence-electron chi connectivity index (χ4n) is 2.97. The number of nitrogens with zero attached hydrogens (tertiary/aromatic N) is 5. The largest absolute Gasteiger partial charge is 0.465 e. The van der Waals surface area contributed by atoms with Gasteiger partial charge in [0.05, 0.1) is 48.0 Å². The highest BCUT2D eigenvalue weighted by Crippen LogP contribution is 2.18. The number of nitrogens with one attached hydrogen (secondary N) is 1. The van der Waals surface area contributed by atoms with Crippen LogP contribution in [0.25, 0.3) is 0 Å². The van der Waals surface area contributed by atoms with Gasteiger partial charge in [-0.05, 0) is 30.4 Å². The van der Waals surface area contributed by atoms with Gasteiger partial charge >= 0.3 is 11.8 Å². The summed E-state index contributed by atoms with van der Waals surface area (Å²) in [7, 11) is 1.32. The molecule has 2 aromatic heterocycles. The fraction of sp³-hybridized carbons (Fsp3) is 0.263. The molecular weight excluding hydrogens is 392 g/mol. The first-order chi connectivity index (χ1) is 14.3.